The van der Waals surface area contributed by atoms with E-state index in [-0.39, 0.29) is 0 Å². The summed E-state index contributed by atoms with van der Waals surface area (Å²) in [6, 6.07) is 6.72. The largest absolute Gasteiger partial charge is 0.369 e. The summed E-state index contributed by atoms with van der Waals surface area (Å²) in [5.41, 5.74) is 5.08. The van der Waals surface area contributed by atoms with E-state index < -0.39 is 0 Å². The van der Waals surface area contributed by atoms with E-state index in [2.05, 4.69) is 54.3 Å². The van der Waals surface area contributed by atoms with Crippen molar-refractivity contribution in [3.63, 3.8) is 0 Å². The quantitative estimate of drug-likeness (QED) is 0.825. The fourth-order valence-corrected chi connectivity index (χ4v) is 3.06. The monoisotopic (exact) mass is 301 g/mol. The summed E-state index contributed by atoms with van der Waals surface area (Å²) in [6.45, 7) is 7.37. The van der Waals surface area contributed by atoms with Gasteiger partial charge in [0.1, 0.15) is 5.82 Å². The molecule has 2 aromatic rings. The van der Waals surface area contributed by atoms with Crippen molar-refractivity contribution in [3.05, 3.63) is 53.0 Å². The molecule has 0 aliphatic heterocycles. The van der Waals surface area contributed by atoms with Gasteiger partial charge in [-0.1, -0.05) is 36.2 Å². The molecule has 2 rings (SSSR count). The first-order chi connectivity index (χ1) is 10.2. The second-order valence-corrected chi connectivity index (χ2v) is 6.29. The van der Waals surface area contributed by atoms with Crippen molar-refractivity contribution in [2.75, 3.05) is 11.9 Å². The van der Waals surface area contributed by atoms with Gasteiger partial charge in [0, 0.05) is 18.1 Å². The molecule has 1 aromatic carbocycles. The van der Waals surface area contributed by atoms with Gasteiger partial charge in [0.15, 0.2) is 0 Å². The third kappa shape index (κ3) is 5.38. The molecule has 0 bridgehead atoms. The predicted octanol–water partition coefficient (Wildman–Crippen LogP) is 4.35. The average molecular weight is 301 g/mol. The fraction of sp³-hybridized carbons (Fsp3) is 0.412. The van der Waals surface area contributed by atoms with Crippen molar-refractivity contribution in [1.82, 2.24) is 9.97 Å². The minimum Gasteiger partial charge on any atom is -0.369 e. The molecule has 0 atom stereocenters. The minimum atomic E-state index is 0.861. The highest BCUT2D eigenvalue weighted by atomic mass is 32.2. The summed E-state index contributed by atoms with van der Waals surface area (Å²) in [4.78, 5) is 8.84. The van der Waals surface area contributed by atoms with E-state index in [4.69, 9.17) is 0 Å². The van der Waals surface area contributed by atoms with Gasteiger partial charge in [-0.15, -0.1) is 0 Å². The maximum atomic E-state index is 4.45. The zero-order valence-corrected chi connectivity index (χ0v) is 13.8. The van der Waals surface area contributed by atoms with Gasteiger partial charge in [0.05, 0.1) is 18.1 Å². The van der Waals surface area contributed by atoms with E-state index >= 15 is 0 Å². The van der Waals surface area contributed by atoms with E-state index in [1.54, 1.807) is 0 Å². The molecule has 0 fully saturated rings. The molecule has 3 nitrogen and oxygen atoms in total. The van der Waals surface area contributed by atoms with Crippen LogP contribution in [-0.4, -0.2) is 16.5 Å². The van der Waals surface area contributed by atoms with Crippen LogP contribution in [0.5, 0.6) is 0 Å². The highest BCUT2D eigenvalue weighted by Gasteiger charge is 2.00. The van der Waals surface area contributed by atoms with Crippen LogP contribution in [0, 0.1) is 13.8 Å². The molecule has 21 heavy (non-hydrogen) atoms. The van der Waals surface area contributed by atoms with Crippen LogP contribution in [0.25, 0.3) is 0 Å². The lowest BCUT2D eigenvalue weighted by Crippen LogP contribution is -2.02. The smallest absolute Gasteiger partial charge is 0.144 e. The first-order valence-electron chi connectivity index (χ1n) is 7.37. The lowest BCUT2D eigenvalue weighted by Gasteiger charge is -2.06. The molecule has 0 radical (unpaired) electrons. The number of nitrogens with zero attached hydrogens (tertiary/aromatic N) is 2. The molecule has 112 valence electrons. The van der Waals surface area contributed by atoms with E-state index in [1.807, 2.05) is 24.2 Å². The number of benzene rings is 1. The number of rotatable bonds is 7. The van der Waals surface area contributed by atoms with E-state index in [1.165, 1.54) is 16.7 Å². The van der Waals surface area contributed by atoms with Gasteiger partial charge < -0.3 is 5.32 Å². The highest BCUT2D eigenvalue weighted by Crippen LogP contribution is 2.19. The molecule has 0 spiro atoms. The number of aryl methyl sites for hydroxylation is 2. The van der Waals surface area contributed by atoms with Crippen LogP contribution in [0.4, 0.5) is 5.82 Å². The second-order valence-electron chi connectivity index (χ2n) is 5.31. The van der Waals surface area contributed by atoms with E-state index in [9.17, 15) is 0 Å². The van der Waals surface area contributed by atoms with E-state index in [0.29, 0.717) is 0 Å². The van der Waals surface area contributed by atoms with Gasteiger partial charge in [-0.3, -0.25) is 4.98 Å². The van der Waals surface area contributed by atoms with E-state index in [0.717, 1.165) is 36.0 Å². The van der Waals surface area contributed by atoms with Crippen molar-refractivity contribution in [3.8, 4) is 0 Å². The van der Waals surface area contributed by atoms with Crippen molar-refractivity contribution in [2.45, 2.75) is 38.7 Å². The predicted molar refractivity (Wildman–Crippen MR) is 91.7 cm³/mol. The minimum absolute atomic E-state index is 0.861. The topological polar surface area (TPSA) is 37.8 Å². The summed E-state index contributed by atoms with van der Waals surface area (Å²) >= 11 is 1.88. The van der Waals surface area contributed by atoms with Gasteiger partial charge in [-0.05, 0) is 25.8 Å². The van der Waals surface area contributed by atoms with Gasteiger partial charge in [-0.2, -0.15) is 11.8 Å². The van der Waals surface area contributed by atoms with Crippen molar-refractivity contribution in [2.24, 2.45) is 0 Å². The average Bonchev–Trinajstić information content (AvgIpc) is 2.45. The van der Waals surface area contributed by atoms with Crippen LogP contribution in [0.1, 0.15) is 35.7 Å². The second kappa shape index (κ2) is 8.03. The summed E-state index contributed by atoms with van der Waals surface area (Å²) < 4.78 is 0. The van der Waals surface area contributed by atoms with Crippen molar-refractivity contribution in [1.29, 1.82) is 0 Å². The molecule has 1 heterocycles. The van der Waals surface area contributed by atoms with Gasteiger partial charge in [0.25, 0.3) is 0 Å². The Kier molecular flexibility index (Phi) is 6.05. The Morgan fingerprint density at radius 1 is 1.00 bits per heavy atom. The van der Waals surface area contributed by atoms with Crippen LogP contribution >= 0.6 is 11.8 Å². The number of aromatic nitrogens is 2. The summed E-state index contributed by atoms with van der Waals surface area (Å²) in [7, 11) is 0. The molecule has 0 unspecified atom stereocenters. The maximum Gasteiger partial charge on any atom is 0.144 e. The highest BCUT2D eigenvalue weighted by molar-refractivity contribution is 7.97. The standard InChI is InChI=1S/C17H23N3S/c1-4-5-18-17-10-19-16(9-20-17)12-21-11-15-7-13(2)6-14(3)8-15/h6-10H,4-5,11-12H2,1-3H3,(H,18,20). The number of anilines is 1. The lowest BCUT2D eigenvalue weighted by atomic mass is 10.1. The summed E-state index contributed by atoms with van der Waals surface area (Å²) in [6.07, 6.45) is 4.78. The third-order valence-corrected chi connectivity index (χ3v) is 4.10. The van der Waals surface area contributed by atoms with Crippen LogP contribution in [0.2, 0.25) is 0 Å². The Labute approximate surface area is 131 Å². The zero-order valence-electron chi connectivity index (χ0n) is 13.0. The summed E-state index contributed by atoms with van der Waals surface area (Å²) in [5.74, 6) is 2.77. The first kappa shape index (κ1) is 15.8. The van der Waals surface area contributed by atoms with Crippen molar-refractivity contribution >= 4 is 17.6 Å². The summed E-state index contributed by atoms with van der Waals surface area (Å²) in [5, 5.41) is 3.24. The molecule has 0 saturated heterocycles. The number of hydrogen-bond donors (Lipinski definition) is 1. The Balaban J connectivity index is 1.82. The van der Waals surface area contributed by atoms with Crippen LogP contribution in [0.15, 0.2) is 30.6 Å². The molecular weight excluding hydrogens is 278 g/mol. The molecule has 0 amide bonds. The number of thioether (sulfide) groups is 1. The Morgan fingerprint density at radius 3 is 2.38 bits per heavy atom. The first-order valence-corrected chi connectivity index (χ1v) is 8.52. The van der Waals surface area contributed by atoms with Crippen LogP contribution in [0.3, 0.4) is 0 Å². The van der Waals surface area contributed by atoms with Gasteiger partial charge >= 0.3 is 0 Å². The third-order valence-electron chi connectivity index (χ3n) is 3.06. The molecule has 0 aliphatic rings. The molecule has 0 saturated carbocycles. The lowest BCUT2D eigenvalue weighted by molar-refractivity contribution is 0.960. The molecule has 1 N–H and O–H groups in total. The Bertz CT molecular complexity index is 546. The van der Waals surface area contributed by atoms with Gasteiger partial charge in [-0.25, -0.2) is 4.98 Å². The van der Waals surface area contributed by atoms with Crippen molar-refractivity contribution < 1.29 is 0 Å². The van der Waals surface area contributed by atoms with Gasteiger partial charge in [0.2, 0.25) is 0 Å². The molecule has 0 aliphatic carbocycles. The number of hydrogen-bond acceptors (Lipinski definition) is 4. The SMILES string of the molecule is CCCNc1cnc(CSCc2cc(C)cc(C)c2)cn1. The van der Waals surface area contributed by atoms with Crippen LogP contribution in [-0.2, 0) is 11.5 Å². The fourth-order valence-electron chi connectivity index (χ4n) is 2.20. The molecular formula is C17H23N3S. The maximum absolute atomic E-state index is 4.45. The number of nitrogens with one attached hydrogen (secondary N) is 1. The normalized spacial score (nSPS) is 10.6. The molecule has 1 aromatic heterocycles. The van der Waals surface area contributed by atoms with Crippen LogP contribution < -0.4 is 5.32 Å². The Hall–Kier alpha value is -1.55. The zero-order chi connectivity index (χ0) is 15.1. The molecule has 4 heteroatoms. The Morgan fingerprint density at radius 2 is 1.76 bits per heavy atom.